The number of carbonyl (C=O) groups excluding carboxylic acids is 1. The molecule has 0 saturated carbocycles. The van der Waals surface area contributed by atoms with E-state index in [2.05, 4.69) is 6.92 Å². The van der Waals surface area contributed by atoms with E-state index in [1.54, 1.807) is 0 Å². The fraction of sp³-hybridized carbons (Fsp3) is 0.400. The lowest BCUT2D eigenvalue weighted by molar-refractivity contribution is -0.133. The van der Waals surface area contributed by atoms with Gasteiger partial charge in [0.2, 0.25) is 0 Å². The molecule has 1 rings (SSSR count). The van der Waals surface area contributed by atoms with Crippen molar-refractivity contribution in [1.29, 1.82) is 0 Å². The summed E-state index contributed by atoms with van der Waals surface area (Å²) in [5, 5.41) is 0. The Labute approximate surface area is 114 Å². The summed E-state index contributed by atoms with van der Waals surface area (Å²) in [6, 6.07) is 7.35. The highest BCUT2D eigenvalue weighted by Gasteiger charge is 2.17. The van der Waals surface area contributed by atoms with Crippen LogP contribution in [0.2, 0.25) is 0 Å². The van der Waals surface area contributed by atoms with E-state index < -0.39 is 5.97 Å². The Morgan fingerprint density at radius 2 is 2.00 bits per heavy atom. The van der Waals surface area contributed by atoms with Crippen LogP contribution in [0.1, 0.15) is 25.3 Å². The zero-order valence-electron chi connectivity index (χ0n) is 11.6. The first kappa shape index (κ1) is 15.1. The second kappa shape index (κ2) is 8.19. The molecule has 19 heavy (non-hydrogen) atoms. The molecule has 0 saturated heterocycles. The van der Waals surface area contributed by atoms with Gasteiger partial charge in [-0.15, -0.1) is 0 Å². The van der Waals surface area contributed by atoms with E-state index in [-0.39, 0.29) is 0 Å². The molecule has 0 atom stereocenters. The Bertz CT molecular complexity index is 438. The van der Waals surface area contributed by atoms with Gasteiger partial charge in [-0.25, -0.2) is 4.79 Å². The molecule has 0 bridgehead atoms. The fourth-order valence-electron chi connectivity index (χ4n) is 1.59. The van der Waals surface area contributed by atoms with Gasteiger partial charge in [-0.3, -0.25) is 0 Å². The summed E-state index contributed by atoms with van der Waals surface area (Å²) in [7, 11) is 2.83. The summed E-state index contributed by atoms with van der Waals surface area (Å²) >= 11 is 0. The van der Waals surface area contributed by atoms with Crippen LogP contribution in [0.25, 0.3) is 5.57 Å². The lowest BCUT2D eigenvalue weighted by Gasteiger charge is -2.12. The second-order valence-electron chi connectivity index (χ2n) is 3.96. The summed E-state index contributed by atoms with van der Waals surface area (Å²) in [4.78, 5) is 11.8. The van der Waals surface area contributed by atoms with Gasteiger partial charge in [0.1, 0.15) is 11.3 Å². The smallest absolute Gasteiger partial charge is 0.341 e. The van der Waals surface area contributed by atoms with Crippen LogP contribution in [0.3, 0.4) is 0 Å². The van der Waals surface area contributed by atoms with Gasteiger partial charge in [0.05, 0.1) is 27.1 Å². The SMILES string of the molecule is CCCCOc1ccccc1/C(=C/OC)C(=O)OC. The van der Waals surface area contributed by atoms with Gasteiger partial charge in [0.25, 0.3) is 0 Å². The number of methoxy groups -OCH3 is 2. The molecule has 1 aromatic rings. The minimum absolute atomic E-state index is 0.345. The van der Waals surface area contributed by atoms with E-state index in [0.717, 1.165) is 12.8 Å². The molecule has 0 spiro atoms. The van der Waals surface area contributed by atoms with Gasteiger partial charge in [0.15, 0.2) is 0 Å². The van der Waals surface area contributed by atoms with Crippen molar-refractivity contribution in [3.63, 3.8) is 0 Å². The van der Waals surface area contributed by atoms with Crippen LogP contribution in [0.15, 0.2) is 30.5 Å². The molecule has 0 N–H and O–H groups in total. The number of rotatable bonds is 7. The van der Waals surface area contributed by atoms with Crippen LogP contribution >= 0.6 is 0 Å². The van der Waals surface area contributed by atoms with E-state index in [4.69, 9.17) is 14.2 Å². The van der Waals surface area contributed by atoms with Crippen molar-refractivity contribution < 1.29 is 19.0 Å². The number of hydrogen-bond acceptors (Lipinski definition) is 4. The van der Waals surface area contributed by atoms with Gasteiger partial charge in [-0.05, 0) is 12.5 Å². The Hall–Kier alpha value is -1.97. The minimum Gasteiger partial charge on any atom is -0.503 e. The molecule has 0 fully saturated rings. The highest BCUT2D eigenvalue weighted by Crippen LogP contribution is 2.27. The Morgan fingerprint density at radius 1 is 1.26 bits per heavy atom. The molecule has 0 amide bonds. The van der Waals surface area contributed by atoms with E-state index in [0.29, 0.717) is 23.5 Å². The van der Waals surface area contributed by atoms with Crippen molar-refractivity contribution in [2.24, 2.45) is 0 Å². The minimum atomic E-state index is -0.451. The predicted octanol–water partition coefficient (Wildman–Crippen LogP) is 3.03. The normalized spacial score (nSPS) is 11.0. The molecule has 0 heterocycles. The highest BCUT2D eigenvalue weighted by molar-refractivity contribution is 6.16. The maximum atomic E-state index is 11.8. The van der Waals surface area contributed by atoms with Gasteiger partial charge in [-0.2, -0.15) is 0 Å². The van der Waals surface area contributed by atoms with Crippen LogP contribution in [-0.2, 0) is 14.3 Å². The Balaban J connectivity index is 3.02. The molecule has 104 valence electrons. The fourth-order valence-corrected chi connectivity index (χ4v) is 1.59. The molecule has 4 nitrogen and oxygen atoms in total. The number of benzene rings is 1. The molecular formula is C15H20O4. The van der Waals surface area contributed by atoms with E-state index in [1.807, 2.05) is 24.3 Å². The quantitative estimate of drug-likeness (QED) is 0.329. The van der Waals surface area contributed by atoms with Gasteiger partial charge >= 0.3 is 5.97 Å². The molecule has 0 aromatic heterocycles. The Kier molecular flexibility index (Phi) is 6.50. The molecular weight excluding hydrogens is 244 g/mol. The largest absolute Gasteiger partial charge is 0.503 e. The molecule has 0 aliphatic heterocycles. The first-order valence-electron chi connectivity index (χ1n) is 6.28. The van der Waals surface area contributed by atoms with Gasteiger partial charge in [-0.1, -0.05) is 31.5 Å². The molecule has 4 heteroatoms. The van der Waals surface area contributed by atoms with Crippen LogP contribution in [-0.4, -0.2) is 26.8 Å². The average Bonchev–Trinajstić information content (AvgIpc) is 2.45. The van der Waals surface area contributed by atoms with Gasteiger partial charge < -0.3 is 14.2 Å². The standard InChI is InChI=1S/C15H20O4/c1-4-5-10-19-14-9-7-6-8-12(14)13(11-17-2)15(16)18-3/h6-9,11H,4-5,10H2,1-3H3/b13-11-. The Morgan fingerprint density at radius 3 is 2.63 bits per heavy atom. The number of para-hydroxylation sites is 1. The van der Waals surface area contributed by atoms with Crippen molar-refractivity contribution in [2.75, 3.05) is 20.8 Å². The summed E-state index contributed by atoms with van der Waals surface area (Å²) in [5.41, 5.74) is 1.02. The monoisotopic (exact) mass is 264 g/mol. The maximum Gasteiger partial charge on any atom is 0.341 e. The predicted molar refractivity (Wildman–Crippen MR) is 73.8 cm³/mol. The molecule has 0 unspecified atom stereocenters. The summed E-state index contributed by atoms with van der Waals surface area (Å²) in [5.74, 6) is 0.207. The second-order valence-corrected chi connectivity index (χ2v) is 3.96. The third kappa shape index (κ3) is 4.32. The van der Waals surface area contributed by atoms with Crippen LogP contribution in [0.5, 0.6) is 5.75 Å². The van der Waals surface area contributed by atoms with Crippen molar-refractivity contribution in [1.82, 2.24) is 0 Å². The number of ether oxygens (including phenoxy) is 3. The number of unbranched alkanes of at least 4 members (excludes halogenated alkanes) is 1. The molecule has 0 aliphatic rings. The van der Waals surface area contributed by atoms with E-state index >= 15 is 0 Å². The topological polar surface area (TPSA) is 44.8 Å². The molecule has 0 radical (unpaired) electrons. The first-order valence-corrected chi connectivity index (χ1v) is 6.28. The summed E-state index contributed by atoms with van der Waals surface area (Å²) in [6.45, 7) is 2.72. The lowest BCUT2D eigenvalue weighted by Crippen LogP contribution is -2.07. The van der Waals surface area contributed by atoms with E-state index in [9.17, 15) is 4.79 Å². The molecule has 0 aliphatic carbocycles. The lowest BCUT2D eigenvalue weighted by atomic mass is 10.1. The highest BCUT2D eigenvalue weighted by atomic mass is 16.5. The van der Waals surface area contributed by atoms with Crippen LogP contribution < -0.4 is 4.74 Å². The molecule has 1 aromatic carbocycles. The maximum absolute atomic E-state index is 11.8. The third-order valence-corrected chi connectivity index (χ3v) is 2.57. The van der Waals surface area contributed by atoms with Crippen molar-refractivity contribution >= 4 is 11.5 Å². The number of carbonyl (C=O) groups is 1. The zero-order chi connectivity index (χ0) is 14.1. The zero-order valence-corrected chi connectivity index (χ0v) is 11.6. The number of hydrogen-bond donors (Lipinski definition) is 0. The summed E-state index contributed by atoms with van der Waals surface area (Å²) < 4.78 is 15.4. The van der Waals surface area contributed by atoms with Gasteiger partial charge in [0, 0.05) is 5.56 Å². The van der Waals surface area contributed by atoms with Crippen molar-refractivity contribution in [3.8, 4) is 5.75 Å². The van der Waals surface area contributed by atoms with Crippen molar-refractivity contribution in [3.05, 3.63) is 36.1 Å². The first-order chi connectivity index (χ1) is 9.24. The van der Waals surface area contributed by atoms with Crippen LogP contribution in [0, 0.1) is 0 Å². The average molecular weight is 264 g/mol. The van der Waals surface area contributed by atoms with Crippen molar-refractivity contribution in [2.45, 2.75) is 19.8 Å². The third-order valence-electron chi connectivity index (χ3n) is 2.57. The van der Waals surface area contributed by atoms with E-state index in [1.165, 1.54) is 20.5 Å². The number of esters is 1. The summed E-state index contributed by atoms with van der Waals surface area (Å²) in [6.07, 6.45) is 3.39. The van der Waals surface area contributed by atoms with Crippen LogP contribution in [0.4, 0.5) is 0 Å².